The Hall–Kier alpha value is -0.0800. The van der Waals surface area contributed by atoms with E-state index >= 15 is 0 Å². The van der Waals surface area contributed by atoms with Gasteiger partial charge < -0.3 is 20.4 Å². The fraction of sp³-hybridized carbons (Fsp3) is 0.952. The Bertz CT molecular complexity index is 333. The third-order valence-corrected chi connectivity index (χ3v) is 4.77. The summed E-state index contributed by atoms with van der Waals surface area (Å²) >= 11 is 0. The molecule has 0 fully saturated rings. The van der Waals surface area contributed by atoms with Gasteiger partial charge in [0, 0.05) is 19.1 Å². The normalized spacial score (nSPS) is 13.0. The SMILES string of the molecule is CCNC(=NCCCCCCCN(C)C)NC(C)CCCN(CC)CC.I. The lowest BCUT2D eigenvalue weighted by atomic mass is 10.1. The number of rotatable bonds is 16. The lowest BCUT2D eigenvalue weighted by Gasteiger charge is -2.21. The van der Waals surface area contributed by atoms with E-state index in [1.165, 1.54) is 58.0 Å². The summed E-state index contributed by atoms with van der Waals surface area (Å²) in [5.41, 5.74) is 0. The number of aliphatic imine (C=N–C) groups is 1. The van der Waals surface area contributed by atoms with Crippen molar-refractivity contribution in [1.82, 2.24) is 20.4 Å². The average Bonchev–Trinajstić information content (AvgIpc) is 2.60. The highest BCUT2D eigenvalue weighted by Gasteiger charge is 2.06. The van der Waals surface area contributed by atoms with Crippen molar-refractivity contribution in [2.45, 2.75) is 78.7 Å². The Morgan fingerprint density at radius 3 is 2.11 bits per heavy atom. The summed E-state index contributed by atoms with van der Waals surface area (Å²) in [6, 6.07) is 0.467. The van der Waals surface area contributed by atoms with Gasteiger partial charge in [0.1, 0.15) is 0 Å². The van der Waals surface area contributed by atoms with Gasteiger partial charge in [-0.3, -0.25) is 4.99 Å². The Balaban J connectivity index is 0. The summed E-state index contributed by atoms with van der Waals surface area (Å²) in [7, 11) is 4.29. The molecule has 0 bridgehead atoms. The van der Waals surface area contributed by atoms with Crippen molar-refractivity contribution in [1.29, 1.82) is 0 Å². The van der Waals surface area contributed by atoms with Crippen LogP contribution in [-0.4, -0.2) is 75.2 Å². The number of halogens is 1. The van der Waals surface area contributed by atoms with Gasteiger partial charge in [-0.2, -0.15) is 0 Å². The minimum absolute atomic E-state index is 0. The quantitative estimate of drug-likeness (QED) is 0.145. The Morgan fingerprint density at radius 1 is 0.889 bits per heavy atom. The number of nitrogens with one attached hydrogen (secondary N) is 2. The van der Waals surface area contributed by atoms with E-state index in [9.17, 15) is 0 Å². The van der Waals surface area contributed by atoms with Crippen molar-refractivity contribution in [2.75, 3.05) is 53.4 Å². The van der Waals surface area contributed by atoms with Crippen LogP contribution in [0.5, 0.6) is 0 Å². The zero-order valence-electron chi connectivity index (χ0n) is 19.0. The molecule has 27 heavy (non-hydrogen) atoms. The van der Waals surface area contributed by atoms with Gasteiger partial charge in [-0.15, -0.1) is 24.0 Å². The summed E-state index contributed by atoms with van der Waals surface area (Å²) in [4.78, 5) is 9.51. The van der Waals surface area contributed by atoms with Crippen molar-refractivity contribution < 1.29 is 0 Å². The molecule has 0 spiro atoms. The monoisotopic (exact) mass is 497 g/mol. The smallest absolute Gasteiger partial charge is 0.191 e. The fourth-order valence-corrected chi connectivity index (χ4v) is 3.05. The van der Waals surface area contributed by atoms with Gasteiger partial charge in [0.15, 0.2) is 5.96 Å². The highest BCUT2D eigenvalue weighted by Crippen LogP contribution is 2.04. The van der Waals surface area contributed by atoms with E-state index in [2.05, 4.69) is 62.2 Å². The average molecular weight is 498 g/mol. The van der Waals surface area contributed by atoms with Crippen molar-refractivity contribution in [2.24, 2.45) is 4.99 Å². The summed E-state index contributed by atoms with van der Waals surface area (Å²) in [6.45, 7) is 15.4. The van der Waals surface area contributed by atoms with Gasteiger partial charge in [0.2, 0.25) is 0 Å². The minimum Gasteiger partial charge on any atom is -0.357 e. The molecule has 2 N–H and O–H groups in total. The van der Waals surface area contributed by atoms with Crippen LogP contribution in [0.25, 0.3) is 0 Å². The van der Waals surface area contributed by atoms with Crippen LogP contribution in [0, 0.1) is 0 Å². The first-order valence-corrected chi connectivity index (χ1v) is 10.9. The molecule has 0 amide bonds. The molecule has 0 aromatic heterocycles. The first-order chi connectivity index (χ1) is 12.5. The van der Waals surface area contributed by atoms with Crippen molar-refractivity contribution >= 4 is 29.9 Å². The Labute approximate surface area is 187 Å². The molecule has 0 heterocycles. The number of hydrogen-bond acceptors (Lipinski definition) is 3. The lowest BCUT2D eigenvalue weighted by Crippen LogP contribution is -2.42. The fourth-order valence-electron chi connectivity index (χ4n) is 3.05. The van der Waals surface area contributed by atoms with Crippen LogP contribution in [0.1, 0.15) is 72.6 Å². The van der Waals surface area contributed by atoms with Crippen molar-refractivity contribution in [3.05, 3.63) is 0 Å². The van der Waals surface area contributed by atoms with Crippen LogP contribution in [0.4, 0.5) is 0 Å². The van der Waals surface area contributed by atoms with E-state index in [1.807, 2.05) is 0 Å². The first-order valence-electron chi connectivity index (χ1n) is 10.9. The van der Waals surface area contributed by atoms with E-state index in [0.29, 0.717) is 6.04 Å². The molecule has 0 saturated heterocycles. The van der Waals surface area contributed by atoms with Gasteiger partial charge in [0.25, 0.3) is 0 Å². The molecule has 0 aliphatic heterocycles. The number of unbranched alkanes of at least 4 members (excludes halogenated alkanes) is 4. The predicted molar refractivity (Wildman–Crippen MR) is 133 cm³/mol. The molecule has 0 aromatic rings. The lowest BCUT2D eigenvalue weighted by molar-refractivity contribution is 0.292. The summed E-state index contributed by atoms with van der Waals surface area (Å²) in [5.74, 6) is 0.982. The molecule has 0 aliphatic rings. The maximum absolute atomic E-state index is 4.75. The van der Waals surface area contributed by atoms with Gasteiger partial charge in [0.05, 0.1) is 0 Å². The van der Waals surface area contributed by atoms with Gasteiger partial charge >= 0.3 is 0 Å². The molecule has 0 rings (SSSR count). The molecule has 0 aromatic carbocycles. The topological polar surface area (TPSA) is 42.9 Å². The van der Waals surface area contributed by atoms with Crippen LogP contribution < -0.4 is 10.6 Å². The van der Waals surface area contributed by atoms with E-state index in [1.54, 1.807) is 0 Å². The Kier molecular flexibility index (Phi) is 22.3. The van der Waals surface area contributed by atoms with Gasteiger partial charge in [-0.25, -0.2) is 0 Å². The second kappa shape index (κ2) is 20.6. The molecule has 0 radical (unpaired) electrons. The highest BCUT2D eigenvalue weighted by molar-refractivity contribution is 14.0. The number of nitrogens with zero attached hydrogens (tertiary/aromatic N) is 3. The maximum atomic E-state index is 4.75. The van der Waals surface area contributed by atoms with Gasteiger partial charge in [-0.05, 0) is 79.8 Å². The molecule has 6 heteroatoms. The third kappa shape index (κ3) is 19.0. The number of hydrogen-bond donors (Lipinski definition) is 2. The van der Waals surface area contributed by atoms with Crippen LogP contribution >= 0.6 is 24.0 Å². The highest BCUT2D eigenvalue weighted by atomic mass is 127. The van der Waals surface area contributed by atoms with E-state index < -0.39 is 0 Å². The van der Waals surface area contributed by atoms with Crippen LogP contribution in [-0.2, 0) is 0 Å². The van der Waals surface area contributed by atoms with E-state index in [4.69, 9.17) is 4.99 Å². The molecule has 5 nitrogen and oxygen atoms in total. The largest absolute Gasteiger partial charge is 0.357 e. The van der Waals surface area contributed by atoms with E-state index in [-0.39, 0.29) is 24.0 Å². The maximum Gasteiger partial charge on any atom is 0.191 e. The molecule has 0 aliphatic carbocycles. The zero-order chi connectivity index (χ0) is 19.6. The third-order valence-electron chi connectivity index (χ3n) is 4.77. The van der Waals surface area contributed by atoms with Crippen molar-refractivity contribution in [3.8, 4) is 0 Å². The second-order valence-corrected chi connectivity index (χ2v) is 7.55. The Morgan fingerprint density at radius 2 is 1.52 bits per heavy atom. The number of guanidine groups is 1. The van der Waals surface area contributed by atoms with Crippen LogP contribution in [0.3, 0.4) is 0 Å². The van der Waals surface area contributed by atoms with E-state index in [0.717, 1.165) is 32.1 Å². The predicted octanol–water partition coefficient (Wildman–Crippen LogP) is 4.18. The summed E-state index contributed by atoms with van der Waals surface area (Å²) < 4.78 is 0. The van der Waals surface area contributed by atoms with Crippen LogP contribution in [0.15, 0.2) is 4.99 Å². The molecular weight excluding hydrogens is 449 g/mol. The molecule has 0 saturated carbocycles. The summed E-state index contributed by atoms with van der Waals surface area (Å²) in [6.07, 6.45) is 8.88. The molecule has 1 unspecified atom stereocenters. The molecular formula is C21H48IN5. The standard InChI is InChI=1S/C21H47N5.HI/c1-7-22-21(23-17-13-11-10-12-14-18-25(5)6)24-20(4)16-15-19-26(8-2)9-3;/h20H,7-19H2,1-6H3,(H2,22,23,24);1H. The van der Waals surface area contributed by atoms with Crippen LogP contribution in [0.2, 0.25) is 0 Å². The first kappa shape index (κ1) is 29.1. The molecule has 1 atom stereocenters. The summed E-state index contributed by atoms with van der Waals surface area (Å²) in [5, 5.41) is 6.95. The van der Waals surface area contributed by atoms with Crippen molar-refractivity contribution in [3.63, 3.8) is 0 Å². The second-order valence-electron chi connectivity index (χ2n) is 7.55. The molecule has 164 valence electrons. The zero-order valence-corrected chi connectivity index (χ0v) is 21.3. The van der Waals surface area contributed by atoms with Gasteiger partial charge in [-0.1, -0.05) is 33.1 Å². The minimum atomic E-state index is 0.